The smallest absolute Gasteiger partial charge is 0.258 e. The number of phenolic OH excluding ortho intramolecular Hbond substituents is 2. The molecule has 16 nitrogen and oxygen atoms in total. The van der Waals surface area contributed by atoms with Crippen LogP contribution in [0.1, 0.15) is 86.4 Å². The Morgan fingerprint density at radius 1 is 0.965 bits per heavy atom. The molecule has 1 saturated carbocycles. The van der Waals surface area contributed by atoms with E-state index >= 15 is 0 Å². The minimum atomic E-state index is -2.16. The van der Waals surface area contributed by atoms with Gasteiger partial charge < -0.3 is 41.1 Å². The summed E-state index contributed by atoms with van der Waals surface area (Å²) in [5.74, 6) is -4.94. The van der Waals surface area contributed by atoms with Gasteiger partial charge in [0, 0.05) is 53.3 Å². The summed E-state index contributed by atoms with van der Waals surface area (Å²) in [6, 6.07) is 9.70. The van der Waals surface area contributed by atoms with Crippen molar-refractivity contribution < 1.29 is 59.3 Å². The second-order valence-electron chi connectivity index (χ2n) is 14.7. The van der Waals surface area contributed by atoms with Crippen LogP contribution in [-0.2, 0) is 38.6 Å². The number of aliphatic hydroxyl groups excluding tert-OH is 3. The number of aromatic hydroxyl groups is 2. The van der Waals surface area contributed by atoms with E-state index in [4.69, 9.17) is 10.5 Å². The fraction of sp³-hybridized carbons (Fsp3) is 0.350. The lowest BCUT2D eigenvalue weighted by atomic mass is 9.71. The van der Waals surface area contributed by atoms with Crippen LogP contribution in [0.5, 0.6) is 11.5 Å². The number of rotatable bonds is 9. The summed E-state index contributed by atoms with van der Waals surface area (Å²) in [5.41, 5.74) is 5.50. The number of nitrogens with two attached hydrogens (primary N) is 1. The SMILES string of the molecule is CC1CC(O[C@H]2C[C@](O)(/C(CO)=N/NC(=O)Cc3ccc(N4C(=O)C=CC4=O)cc3)Cc3c(O)c4c(c(O)c32)C(=O)c2c(CO)cccc2C4=O)CC(N)C1O.Cl. The molecule has 1 fully saturated rings. The second-order valence-corrected chi connectivity index (χ2v) is 14.7. The monoisotopic (exact) mass is 804 g/mol. The quantitative estimate of drug-likeness (QED) is 0.0511. The number of ketones is 2. The molecule has 4 aliphatic rings. The van der Waals surface area contributed by atoms with E-state index < -0.39 is 108 Å². The predicted octanol–water partition coefficient (Wildman–Crippen LogP) is 1.15. The lowest BCUT2D eigenvalue weighted by Gasteiger charge is -2.43. The van der Waals surface area contributed by atoms with E-state index in [1.807, 2.05) is 0 Å². The van der Waals surface area contributed by atoms with Gasteiger partial charge in [-0.15, -0.1) is 12.4 Å². The standard InChI is InChI=1S/C40H40N4O12.ClH/c1-18-11-22(13-25(41)35(18)50)56-26-15-40(55,27(17-46)42-43-28(47)12-19-5-7-21(8-6-19)44-29(48)9-10-30(44)49)14-24-32(26)39(54)34-33(37(24)52)36(51)23-4-2-3-20(16-45)31(23)38(34)53;/h2-10,18,22,25-26,35,45-46,50,52,54-55H,11-17,41H2,1H3,(H,43,47);1H/b42-27+;/t18?,22?,25?,26-,35?,40-;/m0./s1. The van der Waals surface area contributed by atoms with Crippen LogP contribution in [0.4, 0.5) is 5.69 Å². The highest BCUT2D eigenvalue weighted by atomic mass is 35.5. The maximum Gasteiger partial charge on any atom is 0.258 e. The van der Waals surface area contributed by atoms with Crippen molar-refractivity contribution in [1.29, 1.82) is 0 Å². The Morgan fingerprint density at radius 3 is 2.26 bits per heavy atom. The van der Waals surface area contributed by atoms with Crippen LogP contribution in [0.3, 0.4) is 0 Å². The Hall–Kier alpha value is -5.33. The number of nitrogens with one attached hydrogen (secondary N) is 1. The van der Waals surface area contributed by atoms with E-state index in [2.05, 4.69) is 10.5 Å². The van der Waals surface area contributed by atoms with Crippen molar-refractivity contribution in [3.05, 3.63) is 99.1 Å². The summed E-state index contributed by atoms with van der Waals surface area (Å²) in [6.45, 7) is 0.322. The number of carbonyl (C=O) groups is 5. The number of amides is 3. The van der Waals surface area contributed by atoms with Crippen LogP contribution in [-0.4, -0.2) is 96.1 Å². The first-order valence-electron chi connectivity index (χ1n) is 18.0. The molecular formula is C40H41ClN4O12. The summed E-state index contributed by atoms with van der Waals surface area (Å²) < 4.78 is 6.47. The van der Waals surface area contributed by atoms with Crippen LogP contribution < -0.4 is 16.1 Å². The molecule has 6 atom stereocenters. The zero-order valence-corrected chi connectivity index (χ0v) is 31.4. The number of phenols is 2. The number of anilines is 1. The highest BCUT2D eigenvalue weighted by Crippen LogP contribution is 2.52. The van der Waals surface area contributed by atoms with Crippen molar-refractivity contribution in [1.82, 2.24) is 5.43 Å². The van der Waals surface area contributed by atoms with Gasteiger partial charge in [0.2, 0.25) is 5.91 Å². The van der Waals surface area contributed by atoms with Crippen LogP contribution in [0.25, 0.3) is 0 Å². The van der Waals surface area contributed by atoms with Gasteiger partial charge in [0.05, 0.1) is 60.5 Å². The van der Waals surface area contributed by atoms with Gasteiger partial charge >= 0.3 is 0 Å². The lowest BCUT2D eigenvalue weighted by Crippen LogP contribution is -2.50. The van der Waals surface area contributed by atoms with Gasteiger partial charge in [-0.25, -0.2) is 10.3 Å². The number of imide groups is 1. The molecular weight excluding hydrogens is 764 g/mol. The highest BCUT2D eigenvalue weighted by molar-refractivity contribution is 6.31. The number of carbonyl (C=O) groups excluding carboxylic acids is 5. The van der Waals surface area contributed by atoms with Crippen molar-refractivity contribution in [2.75, 3.05) is 11.5 Å². The maximum atomic E-state index is 14.0. The second kappa shape index (κ2) is 15.9. The molecule has 3 aromatic rings. The number of benzene rings is 3. The number of hydrazone groups is 1. The first-order chi connectivity index (χ1) is 26.7. The zero-order valence-electron chi connectivity index (χ0n) is 30.5. The Kier molecular flexibility index (Phi) is 11.5. The molecule has 3 aromatic carbocycles. The Balaban J connectivity index is 0.00000549. The molecule has 57 heavy (non-hydrogen) atoms. The van der Waals surface area contributed by atoms with Gasteiger partial charge in [0.15, 0.2) is 11.6 Å². The molecule has 1 heterocycles. The molecule has 3 amide bonds. The predicted molar refractivity (Wildman–Crippen MR) is 204 cm³/mol. The number of nitrogens with zero attached hydrogens (tertiary/aromatic N) is 2. The molecule has 1 aliphatic heterocycles. The van der Waals surface area contributed by atoms with E-state index in [0.717, 1.165) is 17.1 Å². The third kappa shape index (κ3) is 7.25. The van der Waals surface area contributed by atoms with Crippen LogP contribution in [0.2, 0.25) is 0 Å². The summed E-state index contributed by atoms with van der Waals surface area (Å²) in [7, 11) is 0. The highest BCUT2D eigenvalue weighted by Gasteiger charge is 2.49. The largest absolute Gasteiger partial charge is 0.507 e. The number of ether oxygens (including phenoxy) is 1. The van der Waals surface area contributed by atoms with Gasteiger partial charge in [-0.3, -0.25) is 24.0 Å². The third-order valence-electron chi connectivity index (χ3n) is 11.1. The number of aliphatic hydroxyl groups is 4. The maximum absolute atomic E-state index is 14.0. The van der Waals surface area contributed by atoms with E-state index in [-0.39, 0.29) is 64.7 Å². The fourth-order valence-corrected chi connectivity index (χ4v) is 8.24. The summed E-state index contributed by atoms with van der Waals surface area (Å²) >= 11 is 0. The first-order valence-corrected chi connectivity index (χ1v) is 18.0. The van der Waals surface area contributed by atoms with Gasteiger partial charge in [-0.05, 0) is 42.0 Å². The average Bonchev–Trinajstić information content (AvgIpc) is 3.50. The average molecular weight is 805 g/mol. The zero-order chi connectivity index (χ0) is 40.2. The lowest BCUT2D eigenvalue weighted by molar-refractivity contribution is -0.121. The Labute approximate surface area is 331 Å². The number of hydrogen-bond acceptors (Lipinski definition) is 14. The third-order valence-corrected chi connectivity index (χ3v) is 11.1. The van der Waals surface area contributed by atoms with Crippen molar-refractivity contribution >= 4 is 53.1 Å². The van der Waals surface area contributed by atoms with Gasteiger partial charge in [-0.1, -0.05) is 37.3 Å². The van der Waals surface area contributed by atoms with E-state index in [0.29, 0.717) is 17.7 Å². The minimum Gasteiger partial charge on any atom is -0.507 e. The Bertz CT molecular complexity index is 2210. The van der Waals surface area contributed by atoms with Crippen LogP contribution in [0, 0.1) is 5.92 Å². The van der Waals surface area contributed by atoms with E-state index in [9.17, 15) is 54.6 Å². The molecule has 17 heteroatoms. The minimum absolute atomic E-state index is 0. The fourth-order valence-electron chi connectivity index (χ4n) is 8.24. The van der Waals surface area contributed by atoms with Crippen molar-refractivity contribution in [3.8, 4) is 11.5 Å². The van der Waals surface area contributed by atoms with Crippen molar-refractivity contribution in [2.24, 2.45) is 16.8 Å². The first kappa shape index (κ1) is 41.3. The number of fused-ring (bicyclic) bond motifs is 3. The van der Waals surface area contributed by atoms with Crippen LogP contribution in [0.15, 0.2) is 59.7 Å². The van der Waals surface area contributed by atoms with Gasteiger partial charge in [-0.2, -0.15) is 5.10 Å². The topological polar surface area (TPSA) is 270 Å². The summed E-state index contributed by atoms with van der Waals surface area (Å²) in [6.07, 6.45) is -1.13. The van der Waals surface area contributed by atoms with E-state index in [1.54, 1.807) is 19.1 Å². The van der Waals surface area contributed by atoms with E-state index in [1.165, 1.54) is 30.3 Å². The van der Waals surface area contributed by atoms with Crippen LogP contribution >= 0.6 is 12.4 Å². The van der Waals surface area contributed by atoms with Gasteiger partial charge in [0.25, 0.3) is 11.8 Å². The molecule has 7 rings (SSSR count). The number of hydrogen-bond donors (Lipinski definition) is 8. The molecule has 300 valence electrons. The molecule has 9 N–H and O–H groups in total. The molecule has 0 saturated heterocycles. The summed E-state index contributed by atoms with van der Waals surface area (Å²) in [5, 5.41) is 70.9. The molecule has 0 spiro atoms. The number of halogens is 1. The Morgan fingerprint density at radius 2 is 1.63 bits per heavy atom. The van der Waals surface area contributed by atoms with Crippen molar-refractivity contribution in [3.63, 3.8) is 0 Å². The molecule has 4 unspecified atom stereocenters. The molecule has 0 aromatic heterocycles. The summed E-state index contributed by atoms with van der Waals surface area (Å²) in [4.78, 5) is 65.9. The molecule has 3 aliphatic carbocycles. The normalized spacial score (nSPS) is 25.5. The van der Waals surface area contributed by atoms with Gasteiger partial charge in [0.1, 0.15) is 17.1 Å². The van der Waals surface area contributed by atoms with Crippen molar-refractivity contribution in [2.45, 2.75) is 75.6 Å². The molecule has 0 bridgehead atoms. The molecule has 0 radical (unpaired) electrons.